The van der Waals surface area contributed by atoms with E-state index in [1.165, 1.54) is 0 Å². The van der Waals surface area contributed by atoms with Crippen molar-refractivity contribution < 1.29 is 14.3 Å². The van der Waals surface area contributed by atoms with Gasteiger partial charge in [0.05, 0.1) is 20.3 Å². The van der Waals surface area contributed by atoms with Crippen molar-refractivity contribution >= 4 is 5.78 Å². The third-order valence-electron chi connectivity index (χ3n) is 2.74. The van der Waals surface area contributed by atoms with Gasteiger partial charge in [-0.3, -0.25) is 4.79 Å². The van der Waals surface area contributed by atoms with Crippen molar-refractivity contribution in [2.75, 3.05) is 21.3 Å². The van der Waals surface area contributed by atoms with E-state index < -0.39 is 0 Å². The monoisotopic (exact) mass is 237 g/mol. The Bertz CT molecular complexity index is 386. The standard InChI is InChI=1S/C13H19NO3/c1-5-10(14-2)13(15)9-6-7-11(16-3)12(8-9)17-4/h6-8,10,14H,5H2,1-4H3. The number of hydrogen-bond donors (Lipinski definition) is 1. The Morgan fingerprint density at radius 3 is 2.41 bits per heavy atom. The van der Waals surface area contributed by atoms with Gasteiger partial charge >= 0.3 is 0 Å². The van der Waals surface area contributed by atoms with E-state index in [4.69, 9.17) is 9.47 Å². The minimum Gasteiger partial charge on any atom is -0.493 e. The quantitative estimate of drug-likeness (QED) is 0.767. The molecule has 94 valence electrons. The first-order valence-corrected chi connectivity index (χ1v) is 5.61. The number of likely N-dealkylation sites (N-methyl/N-ethyl adjacent to an activating group) is 1. The molecular weight excluding hydrogens is 218 g/mol. The summed E-state index contributed by atoms with van der Waals surface area (Å²) in [5, 5.41) is 2.99. The maximum absolute atomic E-state index is 12.1. The number of Topliss-reactive ketones (excluding diaryl/α,β-unsaturated/α-hetero) is 1. The van der Waals surface area contributed by atoms with E-state index in [1.54, 1.807) is 39.5 Å². The van der Waals surface area contributed by atoms with E-state index in [-0.39, 0.29) is 11.8 Å². The van der Waals surface area contributed by atoms with Crippen molar-refractivity contribution in [3.8, 4) is 11.5 Å². The summed E-state index contributed by atoms with van der Waals surface area (Å²) in [4.78, 5) is 12.1. The normalized spacial score (nSPS) is 12.0. The average Bonchev–Trinajstić information content (AvgIpc) is 2.39. The van der Waals surface area contributed by atoms with Gasteiger partial charge < -0.3 is 14.8 Å². The summed E-state index contributed by atoms with van der Waals surface area (Å²) in [7, 11) is 4.91. The van der Waals surface area contributed by atoms with Crippen molar-refractivity contribution in [1.29, 1.82) is 0 Å². The molecule has 0 bridgehead atoms. The Morgan fingerprint density at radius 1 is 1.29 bits per heavy atom. The number of nitrogens with one attached hydrogen (secondary N) is 1. The van der Waals surface area contributed by atoms with Crippen LogP contribution in [0, 0.1) is 0 Å². The fourth-order valence-electron chi connectivity index (χ4n) is 1.71. The second-order valence-corrected chi connectivity index (χ2v) is 3.68. The molecule has 1 aromatic rings. The number of carbonyl (C=O) groups is 1. The first kappa shape index (κ1) is 13.5. The lowest BCUT2D eigenvalue weighted by molar-refractivity contribution is 0.0944. The highest BCUT2D eigenvalue weighted by atomic mass is 16.5. The van der Waals surface area contributed by atoms with Crippen LogP contribution in [0.25, 0.3) is 0 Å². The van der Waals surface area contributed by atoms with Crippen LogP contribution in [0.5, 0.6) is 11.5 Å². The molecule has 1 unspecified atom stereocenters. The van der Waals surface area contributed by atoms with Gasteiger partial charge in [0.15, 0.2) is 17.3 Å². The number of benzene rings is 1. The van der Waals surface area contributed by atoms with E-state index in [9.17, 15) is 4.79 Å². The molecule has 0 spiro atoms. The fourth-order valence-corrected chi connectivity index (χ4v) is 1.71. The highest BCUT2D eigenvalue weighted by Gasteiger charge is 2.17. The Hall–Kier alpha value is -1.55. The Balaban J connectivity index is 3.03. The predicted octanol–water partition coefficient (Wildman–Crippen LogP) is 1.88. The summed E-state index contributed by atoms with van der Waals surface area (Å²) in [6, 6.07) is 5.05. The van der Waals surface area contributed by atoms with Crippen LogP contribution in [-0.2, 0) is 0 Å². The fraction of sp³-hybridized carbons (Fsp3) is 0.462. The number of ether oxygens (including phenoxy) is 2. The van der Waals surface area contributed by atoms with E-state index in [0.29, 0.717) is 17.1 Å². The molecule has 4 nitrogen and oxygen atoms in total. The zero-order chi connectivity index (χ0) is 12.8. The van der Waals surface area contributed by atoms with E-state index in [0.717, 1.165) is 6.42 Å². The topological polar surface area (TPSA) is 47.6 Å². The van der Waals surface area contributed by atoms with Gasteiger partial charge in [-0.25, -0.2) is 0 Å². The lowest BCUT2D eigenvalue weighted by Gasteiger charge is -2.14. The first-order valence-electron chi connectivity index (χ1n) is 5.61. The highest BCUT2D eigenvalue weighted by Crippen LogP contribution is 2.28. The molecule has 1 aromatic carbocycles. The maximum Gasteiger partial charge on any atom is 0.179 e. The van der Waals surface area contributed by atoms with Crippen LogP contribution < -0.4 is 14.8 Å². The molecule has 0 amide bonds. The summed E-state index contributed by atoms with van der Waals surface area (Å²) in [6.45, 7) is 1.97. The molecule has 0 aliphatic rings. The van der Waals surface area contributed by atoms with Gasteiger partial charge in [-0.15, -0.1) is 0 Å². The molecule has 1 N–H and O–H groups in total. The third kappa shape index (κ3) is 2.97. The summed E-state index contributed by atoms with van der Waals surface area (Å²) in [5.41, 5.74) is 0.629. The lowest BCUT2D eigenvalue weighted by Crippen LogP contribution is -2.33. The largest absolute Gasteiger partial charge is 0.493 e. The lowest BCUT2D eigenvalue weighted by atomic mass is 10.0. The smallest absolute Gasteiger partial charge is 0.179 e. The molecule has 0 aromatic heterocycles. The van der Waals surface area contributed by atoms with Crippen LogP contribution in [-0.4, -0.2) is 33.1 Å². The molecule has 1 rings (SSSR count). The minimum atomic E-state index is -0.159. The number of rotatable bonds is 6. The van der Waals surface area contributed by atoms with Crippen LogP contribution in [0.3, 0.4) is 0 Å². The Kier molecular flexibility index (Phi) is 4.97. The van der Waals surface area contributed by atoms with E-state index in [2.05, 4.69) is 5.32 Å². The molecule has 1 atom stereocenters. The first-order chi connectivity index (χ1) is 8.17. The van der Waals surface area contributed by atoms with Crippen molar-refractivity contribution in [1.82, 2.24) is 5.32 Å². The second-order valence-electron chi connectivity index (χ2n) is 3.68. The average molecular weight is 237 g/mol. The van der Waals surface area contributed by atoms with Gasteiger partial charge in [0.25, 0.3) is 0 Å². The Labute approximate surface area is 102 Å². The highest BCUT2D eigenvalue weighted by molar-refractivity contribution is 6.00. The predicted molar refractivity (Wildman–Crippen MR) is 67.0 cm³/mol. The number of carbonyl (C=O) groups excluding carboxylic acids is 1. The number of methoxy groups -OCH3 is 2. The van der Waals surface area contributed by atoms with Crippen molar-refractivity contribution in [3.63, 3.8) is 0 Å². The molecule has 0 heterocycles. The molecule has 0 aliphatic heterocycles. The van der Waals surface area contributed by atoms with E-state index in [1.807, 2.05) is 6.92 Å². The molecule has 17 heavy (non-hydrogen) atoms. The Morgan fingerprint density at radius 2 is 1.94 bits per heavy atom. The third-order valence-corrected chi connectivity index (χ3v) is 2.74. The molecule has 0 radical (unpaired) electrons. The van der Waals surface area contributed by atoms with Crippen molar-refractivity contribution in [2.45, 2.75) is 19.4 Å². The van der Waals surface area contributed by atoms with Crippen LogP contribution in [0.4, 0.5) is 0 Å². The van der Waals surface area contributed by atoms with E-state index >= 15 is 0 Å². The zero-order valence-electron chi connectivity index (χ0n) is 10.7. The van der Waals surface area contributed by atoms with Crippen molar-refractivity contribution in [2.24, 2.45) is 0 Å². The van der Waals surface area contributed by atoms with Gasteiger partial charge in [-0.2, -0.15) is 0 Å². The van der Waals surface area contributed by atoms with Gasteiger partial charge in [0, 0.05) is 5.56 Å². The number of hydrogen-bond acceptors (Lipinski definition) is 4. The maximum atomic E-state index is 12.1. The summed E-state index contributed by atoms with van der Waals surface area (Å²) < 4.78 is 10.3. The molecule has 0 fully saturated rings. The van der Waals surface area contributed by atoms with Gasteiger partial charge in [0.2, 0.25) is 0 Å². The minimum absolute atomic E-state index is 0.0657. The van der Waals surface area contributed by atoms with Crippen molar-refractivity contribution in [3.05, 3.63) is 23.8 Å². The van der Waals surface area contributed by atoms with Gasteiger partial charge in [-0.05, 0) is 31.7 Å². The van der Waals surface area contributed by atoms with Crippen LogP contribution in [0.2, 0.25) is 0 Å². The van der Waals surface area contributed by atoms with Crippen LogP contribution in [0.15, 0.2) is 18.2 Å². The molecular formula is C13H19NO3. The zero-order valence-corrected chi connectivity index (χ0v) is 10.7. The van der Waals surface area contributed by atoms with Gasteiger partial charge in [-0.1, -0.05) is 6.92 Å². The summed E-state index contributed by atoms with van der Waals surface area (Å²) in [6.07, 6.45) is 0.754. The summed E-state index contributed by atoms with van der Waals surface area (Å²) in [5.74, 6) is 1.27. The second kappa shape index (κ2) is 6.25. The molecule has 0 saturated heterocycles. The van der Waals surface area contributed by atoms with Crippen LogP contribution in [0.1, 0.15) is 23.7 Å². The molecule has 4 heteroatoms. The molecule has 0 saturated carbocycles. The van der Waals surface area contributed by atoms with Gasteiger partial charge in [0.1, 0.15) is 0 Å². The molecule has 0 aliphatic carbocycles. The number of ketones is 1. The SMILES string of the molecule is CCC(NC)C(=O)c1ccc(OC)c(OC)c1. The summed E-state index contributed by atoms with van der Waals surface area (Å²) >= 11 is 0. The van der Waals surface area contributed by atoms with Crippen LogP contribution >= 0.6 is 0 Å².